The van der Waals surface area contributed by atoms with Crippen molar-refractivity contribution in [1.82, 2.24) is 14.7 Å². The van der Waals surface area contributed by atoms with E-state index in [0.29, 0.717) is 16.5 Å². The van der Waals surface area contributed by atoms with Crippen LogP contribution in [0, 0.1) is 0 Å². The Morgan fingerprint density at radius 3 is 2.40 bits per heavy atom. The molecule has 1 aromatic heterocycles. The number of fused-ring (bicyclic) bond motifs is 1. The van der Waals surface area contributed by atoms with Crippen molar-refractivity contribution in [2.45, 2.75) is 38.1 Å². The SMILES string of the molecule is O=c1c2ccccc2c(Cc2ccc(Cl)c(Cl)c2)nn1C1CCCN(CCc2ccccc2)CC1. The Hall–Kier alpha value is -2.66. The lowest BCUT2D eigenvalue weighted by Gasteiger charge is -2.21. The van der Waals surface area contributed by atoms with Gasteiger partial charge in [0, 0.05) is 24.9 Å². The molecule has 0 spiro atoms. The van der Waals surface area contributed by atoms with Crippen molar-refractivity contribution in [2.75, 3.05) is 19.6 Å². The second kappa shape index (κ2) is 10.9. The van der Waals surface area contributed by atoms with E-state index in [9.17, 15) is 4.79 Å². The van der Waals surface area contributed by atoms with Gasteiger partial charge in [0.15, 0.2) is 0 Å². The molecule has 2 heterocycles. The van der Waals surface area contributed by atoms with E-state index in [4.69, 9.17) is 28.3 Å². The van der Waals surface area contributed by atoms with Crippen molar-refractivity contribution in [3.05, 3.63) is 110 Å². The Bertz CT molecular complexity index is 1370. The van der Waals surface area contributed by atoms with E-state index >= 15 is 0 Å². The van der Waals surface area contributed by atoms with Crippen LogP contribution in [0.3, 0.4) is 0 Å². The summed E-state index contributed by atoms with van der Waals surface area (Å²) in [6.45, 7) is 3.07. The molecule has 0 aliphatic carbocycles. The zero-order chi connectivity index (χ0) is 24.2. The van der Waals surface area contributed by atoms with Crippen LogP contribution in [0.2, 0.25) is 10.0 Å². The molecule has 1 atom stereocenters. The van der Waals surface area contributed by atoms with E-state index in [-0.39, 0.29) is 11.6 Å². The summed E-state index contributed by atoms with van der Waals surface area (Å²) in [4.78, 5) is 16.0. The molecule has 180 valence electrons. The third-order valence-electron chi connectivity index (χ3n) is 6.96. The van der Waals surface area contributed by atoms with Crippen molar-refractivity contribution in [3.8, 4) is 0 Å². The smallest absolute Gasteiger partial charge is 0.274 e. The van der Waals surface area contributed by atoms with Crippen LogP contribution in [0.15, 0.2) is 77.6 Å². The van der Waals surface area contributed by atoms with E-state index in [0.717, 1.165) is 67.3 Å². The molecule has 1 aliphatic heterocycles. The molecule has 1 aliphatic rings. The van der Waals surface area contributed by atoms with Crippen LogP contribution in [0.5, 0.6) is 0 Å². The maximum Gasteiger partial charge on any atom is 0.274 e. The molecule has 3 aromatic carbocycles. The Balaban J connectivity index is 1.39. The molecule has 0 radical (unpaired) electrons. The van der Waals surface area contributed by atoms with Crippen LogP contribution in [0.1, 0.15) is 42.1 Å². The highest BCUT2D eigenvalue weighted by atomic mass is 35.5. The lowest BCUT2D eigenvalue weighted by atomic mass is 10.0. The molecule has 1 saturated heterocycles. The summed E-state index contributed by atoms with van der Waals surface area (Å²) in [5.74, 6) is 0. The first-order valence-corrected chi connectivity index (χ1v) is 13.0. The number of hydrogen-bond donors (Lipinski definition) is 0. The van der Waals surface area contributed by atoms with Crippen LogP contribution in [-0.2, 0) is 12.8 Å². The van der Waals surface area contributed by atoms with Gasteiger partial charge in [0.05, 0.1) is 27.2 Å². The predicted octanol–water partition coefficient (Wildman–Crippen LogP) is 6.56. The van der Waals surface area contributed by atoms with Crippen LogP contribution < -0.4 is 5.56 Å². The number of nitrogens with zero attached hydrogens (tertiary/aromatic N) is 3. The molecule has 35 heavy (non-hydrogen) atoms. The predicted molar refractivity (Wildman–Crippen MR) is 145 cm³/mol. The van der Waals surface area contributed by atoms with Gasteiger partial charge in [0.2, 0.25) is 0 Å². The van der Waals surface area contributed by atoms with Gasteiger partial charge in [-0.15, -0.1) is 0 Å². The minimum absolute atomic E-state index is 0.00113. The fourth-order valence-corrected chi connectivity index (χ4v) is 5.35. The Morgan fingerprint density at radius 1 is 0.829 bits per heavy atom. The lowest BCUT2D eigenvalue weighted by molar-refractivity contribution is 0.281. The molecule has 4 aromatic rings. The van der Waals surface area contributed by atoms with Crippen molar-refractivity contribution in [1.29, 1.82) is 0 Å². The first-order valence-electron chi connectivity index (χ1n) is 12.3. The molecule has 1 fully saturated rings. The largest absolute Gasteiger partial charge is 0.303 e. The average molecular weight is 506 g/mol. The zero-order valence-electron chi connectivity index (χ0n) is 19.7. The van der Waals surface area contributed by atoms with Crippen LogP contribution in [0.4, 0.5) is 0 Å². The summed E-state index contributed by atoms with van der Waals surface area (Å²) in [6, 6.07) is 24.2. The summed E-state index contributed by atoms with van der Waals surface area (Å²) < 4.78 is 1.76. The summed E-state index contributed by atoms with van der Waals surface area (Å²) in [5, 5.41) is 7.63. The summed E-state index contributed by atoms with van der Waals surface area (Å²) in [6.07, 6.45) is 4.58. The number of halogens is 2. The number of hydrogen-bond acceptors (Lipinski definition) is 3. The number of aromatic nitrogens is 2. The van der Waals surface area contributed by atoms with E-state index in [1.54, 1.807) is 4.68 Å². The van der Waals surface area contributed by atoms with Gasteiger partial charge in [-0.2, -0.15) is 5.10 Å². The molecule has 5 rings (SSSR count). The Labute approximate surface area is 216 Å². The third-order valence-corrected chi connectivity index (χ3v) is 7.70. The minimum atomic E-state index is 0.00113. The Morgan fingerprint density at radius 2 is 1.60 bits per heavy atom. The van der Waals surface area contributed by atoms with Gasteiger partial charge in [0.25, 0.3) is 5.56 Å². The molecular weight excluding hydrogens is 477 g/mol. The first kappa shape index (κ1) is 24.1. The van der Waals surface area contributed by atoms with Crippen molar-refractivity contribution < 1.29 is 0 Å². The maximum absolute atomic E-state index is 13.5. The van der Waals surface area contributed by atoms with Gasteiger partial charge in [-0.25, -0.2) is 4.68 Å². The van der Waals surface area contributed by atoms with Gasteiger partial charge in [-0.05, 0) is 61.6 Å². The van der Waals surface area contributed by atoms with E-state index in [1.807, 2.05) is 42.5 Å². The van der Waals surface area contributed by atoms with Gasteiger partial charge < -0.3 is 4.90 Å². The average Bonchev–Trinajstić information content (AvgIpc) is 3.13. The first-order chi connectivity index (χ1) is 17.1. The topological polar surface area (TPSA) is 38.1 Å². The van der Waals surface area contributed by atoms with Crippen molar-refractivity contribution in [3.63, 3.8) is 0 Å². The summed E-state index contributed by atoms with van der Waals surface area (Å²) >= 11 is 12.4. The minimum Gasteiger partial charge on any atom is -0.303 e. The maximum atomic E-state index is 13.5. The van der Waals surface area contributed by atoms with E-state index < -0.39 is 0 Å². The van der Waals surface area contributed by atoms with Crippen LogP contribution in [0.25, 0.3) is 10.8 Å². The highest BCUT2D eigenvalue weighted by molar-refractivity contribution is 6.42. The molecular formula is C29H29Cl2N3O. The third kappa shape index (κ3) is 5.61. The number of likely N-dealkylation sites (tertiary alicyclic amines) is 1. The fourth-order valence-electron chi connectivity index (χ4n) is 5.03. The van der Waals surface area contributed by atoms with Crippen LogP contribution in [-0.4, -0.2) is 34.3 Å². The highest BCUT2D eigenvalue weighted by Gasteiger charge is 2.22. The molecule has 1 unspecified atom stereocenters. The lowest BCUT2D eigenvalue weighted by Crippen LogP contribution is -2.30. The molecule has 6 heteroatoms. The second-order valence-corrected chi connectivity index (χ2v) is 10.1. The standard InChI is InChI=1S/C29H29Cl2N3O/c30-26-13-12-22(19-27(26)31)20-28-24-10-4-5-11-25(24)29(35)34(32-28)23-9-6-16-33(18-15-23)17-14-21-7-2-1-3-8-21/h1-5,7-8,10-13,19,23H,6,9,14-18,20H2. The number of benzene rings is 3. The van der Waals surface area contributed by atoms with Crippen molar-refractivity contribution in [2.24, 2.45) is 0 Å². The summed E-state index contributed by atoms with van der Waals surface area (Å²) in [5.41, 5.74) is 3.29. The molecule has 0 amide bonds. The van der Waals surface area contributed by atoms with Gasteiger partial charge in [0.1, 0.15) is 0 Å². The fraction of sp³-hybridized carbons (Fsp3) is 0.310. The van der Waals surface area contributed by atoms with E-state index in [1.165, 1.54) is 5.56 Å². The molecule has 0 N–H and O–H groups in total. The Kier molecular flexibility index (Phi) is 7.52. The van der Waals surface area contributed by atoms with Gasteiger partial charge in [-0.1, -0.05) is 77.8 Å². The van der Waals surface area contributed by atoms with Gasteiger partial charge >= 0.3 is 0 Å². The second-order valence-electron chi connectivity index (χ2n) is 9.33. The molecule has 4 nitrogen and oxygen atoms in total. The zero-order valence-corrected chi connectivity index (χ0v) is 21.2. The normalized spacial score (nSPS) is 16.9. The van der Waals surface area contributed by atoms with Crippen molar-refractivity contribution >= 4 is 34.0 Å². The molecule has 0 bridgehead atoms. The van der Waals surface area contributed by atoms with E-state index in [2.05, 4.69) is 35.2 Å². The number of rotatable bonds is 6. The van der Waals surface area contributed by atoms with Gasteiger partial charge in [-0.3, -0.25) is 4.79 Å². The monoisotopic (exact) mass is 505 g/mol. The van der Waals surface area contributed by atoms with Crippen LogP contribution >= 0.6 is 23.2 Å². The quantitative estimate of drug-likeness (QED) is 0.297. The summed E-state index contributed by atoms with van der Waals surface area (Å²) in [7, 11) is 0. The highest BCUT2D eigenvalue weighted by Crippen LogP contribution is 2.26. The molecule has 0 saturated carbocycles.